The van der Waals surface area contributed by atoms with Gasteiger partial charge in [-0.15, -0.1) is 0 Å². The van der Waals surface area contributed by atoms with E-state index in [1.807, 2.05) is 19.1 Å². The van der Waals surface area contributed by atoms with Crippen LogP contribution >= 0.6 is 0 Å². The molecule has 1 saturated carbocycles. The van der Waals surface area contributed by atoms with E-state index in [1.165, 1.54) is 25.0 Å². The van der Waals surface area contributed by atoms with Crippen LogP contribution in [0.4, 0.5) is 4.39 Å². The number of nitrogens with zero attached hydrogens (tertiary/aromatic N) is 1. The van der Waals surface area contributed by atoms with Gasteiger partial charge in [0.15, 0.2) is 0 Å². The zero-order valence-electron chi connectivity index (χ0n) is 11.7. The van der Waals surface area contributed by atoms with Crippen molar-refractivity contribution >= 4 is 0 Å². The first-order valence-electron chi connectivity index (χ1n) is 6.89. The Bertz CT molecular complexity index is 390. The van der Waals surface area contributed by atoms with Crippen molar-refractivity contribution in [2.75, 3.05) is 20.3 Å². The van der Waals surface area contributed by atoms with E-state index in [1.54, 1.807) is 7.11 Å². The van der Waals surface area contributed by atoms with Crippen LogP contribution in [-0.2, 0) is 4.74 Å². The van der Waals surface area contributed by atoms with Gasteiger partial charge in [-0.1, -0.05) is 12.1 Å². The number of rotatable bonds is 7. The van der Waals surface area contributed by atoms with Crippen LogP contribution in [0.3, 0.4) is 0 Å². The average molecular weight is 266 g/mol. The fourth-order valence-corrected chi connectivity index (χ4v) is 2.61. The van der Waals surface area contributed by atoms with Gasteiger partial charge in [0.05, 0.1) is 6.61 Å². The molecule has 4 heteroatoms. The minimum Gasteiger partial charge on any atom is -0.383 e. The standard InChI is InChI=1S/C15H23FN2O/c1-11(17)15(12-3-5-13(16)6-4-12)18(9-10-19-2)14-7-8-14/h3-6,11,14-15H,7-10,17H2,1-2H3. The van der Waals surface area contributed by atoms with Crippen molar-refractivity contribution in [3.8, 4) is 0 Å². The van der Waals surface area contributed by atoms with E-state index in [-0.39, 0.29) is 17.9 Å². The van der Waals surface area contributed by atoms with Crippen molar-refractivity contribution in [3.05, 3.63) is 35.6 Å². The first-order valence-corrected chi connectivity index (χ1v) is 6.89. The molecule has 1 aliphatic rings. The van der Waals surface area contributed by atoms with Crippen LogP contribution in [0, 0.1) is 5.82 Å². The second-order valence-electron chi connectivity index (χ2n) is 5.32. The highest BCUT2D eigenvalue weighted by atomic mass is 19.1. The van der Waals surface area contributed by atoms with Crippen LogP contribution in [0.2, 0.25) is 0 Å². The minimum absolute atomic E-state index is 0.00270. The highest BCUT2D eigenvalue weighted by Gasteiger charge is 2.35. The molecule has 19 heavy (non-hydrogen) atoms. The molecule has 0 heterocycles. The number of benzene rings is 1. The maximum absolute atomic E-state index is 13.1. The molecule has 0 radical (unpaired) electrons. The van der Waals surface area contributed by atoms with Gasteiger partial charge < -0.3 is 10.5 Å². The summed E-state index contributed by atoms with van der Waals surface area (Å²) in [6.07, 6.45) is 2.43. The van der Waals surface area contributed by atoms with Crippen LogP contribution in [0.15, 0.2) is 24.3 Å². The fraction of sp³-hybridized carbons (Fsp3) is 0.600. The lowest BCUT2D eigenvalue weighted by molar-refractivity contribution is 0.104. The monoisotopic (exact) mass is 266 g/mol. The smallest absolute Gasteiger partial charge is 0.123 e. The van der Waals surface area contributed by atoms with Crippen molar-refractivity contribution in [2.24, 2.45) is 5.73 Å². The highest BCUT2D eigenvalue weighted by Crippen LogP contribution is 2.35. The molecule has 0 spiro atoms. The molecule has 1 fully saturated rings. The summed E-state index contributed by atoms with van der Waals surface area (Å²) < 4.78 is 18.3. The lowest BCUT2D eigenvalue weighted by Gasteiger charge is -2.34. The molecule has 0 bridgehead atoms. The molecule has 0 aliphatic heterocycles. The van der Waals surface area contributed by atoms with E-state index in [9.17, 15) is 4.39 Å². The lowest BCUT2D eigenvalue weighted by atomic mass is 9.99. The van der Waals surface area contributed by atoms with E-state index in [0.29, 0.717) is 12.6 Å². The molecule has 2 atom stereocenters. The molecule has 0 aromatic heterocycles. The fourth-order valence-electron chi connectivity index (χ4n) is 2.61. The minimum atomic E-state index is -0.206. The van der Waals surface area contributed by atoms with Crippen LogP contribution in [-0.4, -0.2) is 37.2 Å². The number of ether oxygens (including phenoxy) is 1. The normalized spacial score (nSPS) is 18.6. The maximum Gasteiger partial charge on any atom is 0.123 e. The Balaban J connectivity index is 2.19. The van der Waals surface area contributed by atoms with Crippen molar-refractivity contribution in [1.29, 1.82) is 0 Å². The van der Waals surface area contributed by atoms with Gasteiger partial charge in [0.1, 0.15) is 5.82 Å². The molecule has 106 valence electrons. The number of hydrogen-bond donors (Lipinski definition) is 1. The first kappa shape index (κ1) is 14.4. The van der Waals surface area contributed by atoms with E-state index in [2.05, 4.69) is 4.90 Å². The molecule has 2 unspecified atom stereocenters. The number of halogens is 1. The SMILES string of the molecule is COCCN(C1CC1)C(c1ccc(F)cc1)C(C)N. The van der Waals surface area contributed by atoms with Gasteiger partial charge in [-0.05, 0) is 37.5 Å². The number of methoxy groups -OCH3 is 1. The molecule has 2 rings (SSSR count). The summed E-state index contributed by atoms with van der Waals surface area (Å²) in [5, 5.41) is 0. The quantitative estimate of drug-likeness (QED) is 0.823. The Hall–Kier alpha value is -0.970. The first-order chi connectivity index (χ1) is 9.13. The van der Waals surface area contributed by atoms with Gasteiger partial charge in [-0.25, -0.2) is 4.39 Å². The Morgan fingerprint density at radius 2 is 2.00 bits per heavy atom. The molecule has 3 nitrogen and oxygen atoms in total. The lowest BCUT2D eigenvalue weighted by Crippen LogP contribution is -2.42. The maximum atomic E-state index is 13.1. The largest absolute Gasteiger partial charge is 0.383 e. The van der Waals surface area contributed by atoms with E-state index >= 15 is 0 Å². The van der Waals surface area contributed by atoms with Gasteiger partial charge in [-0.2, -0.15) is 0 Å². The highest BCUT2D eigenvalue weighted by molar-refractivity contribution is 5.22. The number of nitrogens with two attached hydrogens (primary N) is 1. The summed E-state index contributed by atoms with van der Waals surface area (Å²) in [6.45, 7) is 3.57. The second-order valence-corrected chi connectivity index (χ2v) is 5.32. The predicted octanol–water partition coefficient (Wildman–Crippen LogP) is 2.32. The Morgan fingerprint density at radius 3 is 2.47 bits per heavy atom. The zero-order chi connectivity index (χ0) is 13.8. The Kier molecular flexibility index (Phi) is 4.91. The third-order valence-corrected chi connectivity index (χ3v) is 3.64. The summed E-state index contributed by atoms with van der Waals surface area (Å²) in [4.78, 5) is 2.40. The molecule has 1 aliphatic carbocycles. The summed E-state index contributed by atoms with van der Waals surface area (Å²) >= 11 is 0. The van der Waals surface area contributed by atoms with Crippen LogP contribution in [0.1, 0.15) is 31.4 Å². The summed E-state index contributed by atoms with van der Waals surface area (Å²) in [7, 11) is 1.71. The third kappa shape index (κ3) is 3.75. The van der Waals surface area contributed by atoms with Crippen LogP contribution in [0.5, 0.6) is 0 Å². The van der Waals surface area contributed by atoms with Gasteiger partial charge in [-0.3, -0.25) is 4.90 Å². The van der Waals surface area contributed by atoms with Crippen LogP contribution < -0.4 is 5.73 Å². The molecular formula is C15H23FN2O. The van der Waals surface area contributed by atoms with E-state index in [4.69, 9.17) is 10.5 Å². The van der Waals surface area contributed by atoms with Gasteiger partial charge in [0, 0.05) is 31.8 Å². The Labute approximate surface area is 114 Å². The van der Waals surface area contributed by atoms with Crippen molar-refractivity contribution in [3.63, 3.8) is 0 Å². The molecule has 0 amide bonds. The topological polar surface area (TPSA) is 38.5 Å². The predicted molar refractivity (Wildman–Crippen MR) is 74.4 cm³/mol. The molecule has 0 saturated heterocycles. The van der Waals surface area contributed by atoms with E-state index in [0.717, 1.165) is 12.1 Å². The molecular weight excluding hydrogens is 243 g/mol. The molecule has 1 aromatic carbocycles. The van der Waals surface area contributed by atoms with Crippen molar-refractivity contribution < 1.29 is 9.13 Å². The second kappa shape index (κ2) is 6.46. The summed E-state index contributed by atoms with van der Waals surface area (Å²) in [5.41, 5.74) is 7.25. The molecule has 2 N–H and O–H groups in total. The van der Waals surface area contributed by atoms with Gasteiger partial charge in [0.25, 0.3) is 0 Å². The third-order valence-electron chi connectivity index (χ3n) is 3.64. The Morgan fingerprint density at radius 1 is 1.37 bits per heavy atom. The van der Waals surface area contributed by atoms with Crippen molar-refractivity contribution in [2.45, 2.75) is 37.9 Å². The summed E-state index contributed by atoms with van der Waals surface area (Å²) in [6, 6.07) is 7.41. The number of hydrogen-bond acceptors (Lipinski definition) is 3. The van der Waals surface area contributed by atoms with Gasteiger partial charge in [0.2, 0.25) is 0 Å². The summed E-state index contributed by atoms with van der Waals surface area (Å²) in [5.74, 6) is -0.206. The van der Waals surface area contributed by atoms with Crippen molar-refractivity contribution in [1.82, 2.24) is 4.90 Å². The van der Waals surface area contributed by atoms with E-state index < -0.39 is 0 Å². The van der Waals surface area contributed by atoms with Gasteiger partial charge >= 0.3 is 0 Å². The van der Waals surface area contributed by atoms with Crippen LogP contribution in [0.25, 0.3) is 0 Å². The molecule has 1 aromatic rings. The zero-order valence-corrected chi connectivity index (χ0v) is 11.7. The average Bonchev–Trinajstić information content (AvgIpc) is 3.20.